The highest BCUT2D eigenvalue weighted by molar-refractivity contribution is 5.96. The van der Waals surface area contributed by atoms with Gasteiger partial charge in [-0.05, 0) is 55.9 Å². The van der Waals surface area contributed by atoms with Gasteiger partial charge in [-0.15, -0.1) is 0 Å². The molecule has 4 aromatic rings. The maximum absolute atomic E-state index is 13.1. The zero-order valence-electron chi connectivity index (χ0n) is 25.0. The number of hydrogen-bond acceptors (Lipinski definition) is 7. The van der Waals surface area contributed by atoms with Crippen LogP contribution in [0.2, 0.25) is 0 Å². The number of anilines is 1. The number of nitrogens with one attached hydrogen (secondary N) is 1. The second kappa shape index (κ2) is 12.7. The number of aliphatic imine (C=N–C) groups is 1. The van der Waals surface area contributed by atoms with Crippen molar-refractivity contribution in [2.45, 2.75) is 51.6 Å². The summed E-state index contributed by atoms with van der Waals surface area (Å²) in [5.74, 6) is 1.66. The normalized spacial score (nSPS) is 15.8. The molecule has 3 aromatic heterocycles. The lowest BCUT2D eigenvalue weighted by Gasteiger charge is -2.43. The number of aromatic nitrogens is 3. The molecule has 0 bridgehead atoms. The quantitative estimate of drug-likeness (QED) is 0.273. The molecule has 1 aromatic carbocycles. The number of rotatable bonds is 10. The summed E-state index contributed by atoms with van der Waals surface area (Å²) in [5.41, 5.74) is 10.9. The van der Waals surface area contributed by atoms with Gasteiger partial charge in [-0.3, -0.25) is 9.79 Å². The molecule has 0 aliphatic carbocycles. The summed E-state index contributed by atoms with van der Waals surface area (Å²) in [6, 6.07) is 16.0. The fraction of sp³-hybridized carbons (Fsp3) is 0.394. The number of piperidine rings is 1. The fourth-order valence-corrected chi connectivity index (χ4v) is 5.70. The van der Waals surface area contributed by atoms with E-state index >= 15 is 0 Å². The molecule has 4 heterocycles. The average molecular weight is 568 g/mol. The van der Waals surface area contributed by atoms with E-state index in [4.69, 9.17) is 15.5 Å². The molecule has 220 valence electrons. The van der Waals surface area contributed by atoms with Crippen LogP contribution in [0.3, 0.4) is 0 Å². The van der Waals surface area contributed by atoms with E-state index in [1.165, 1.54) is 5.56 Å². The number of amides is 1. The van der Waals surface area contributed by atoms with Gasteiger partial charge in [0, 0.05) is 54.8 Å². The molecule has 5 rings (SSSR count). The molecule has 0 saturated carbocycles. The minimum absolute atomic E-state index is 0.0740. The van der Waals surface area contributed by atoms with Gasteiger partial charge in [-0.25, -0.2) is 9.50 Å². The van der Waals surface area contributed by atoms with Gasteiger partial charge in [0.15, 0.2) is 0 Å². The van der Waals surface area contributed by atoms with Crippen LogP contribution in [-0.2, 0) is 11.2 Å². The third kappa shape index (κ3) is 6.31. The van der Waals surface area contributed by atoms with Crippen molar-refractivity contribution >= 4 is 23.5 Å². The van der Waals surface area contributed by atoms with Gasteiger partial charge in [-0.2, -0.15) is 5.10 Å². The van der Waals surface area contributed by atoms with Crippen LogP contribution in [0.5, 0.6) is 5.75 Å². The van der Waals surface area contributed by atoms with Crippen molar-refractivity contribution in [2.24, 2.45) is 16.6 Å². The highest BCUT2D eigenvalue weighted by atomic mass is 16.5. The Morgan fingerprint density at radius 1 is 1.17 bits per heavy atom. The Morgan fingerprint density at radius 2 is 1.93 bits per heavy atom. The Bertz CT molecular complexity index is 1520. The topological polar surface area (TPSA) is 110 Å². The van der Waals surface area contributed by atoms with Crippen molar-refractivity contribution in [3.63, 3.8) is 0 Å². The predicted octanol–water partition coefficient (Wildman–Crippen LogP) is 4.52. The van der Waals surface area contributed by atoms with Gasteiger partial charge < -0.3 is 20.7 Å². The summed E-state index contributed by atoms with van der Waals surface area (Å²) < 4.78 is 7.66. The Balaban J connectivity index is 1.37. The molecule has 1 atom stereocenters. The first kappa shape index (κ1) is 29.3. The van der Waals surface area contributed by atoms with Crippen LogP contribution in [0.4, 0.5) is 5.82 Å². The van der Waals surface area contributed by atoms with Crippen LogP contribution in [-0.4, -0.2) is 65.0 Å². The molecule has 0 spiro atoms. The third-order valence-electron chi connectivity index (χ3n) is 8.09. The van der Waals surface area contributed by atoms with Crippen molar-refractivity contribution in [2.75, 3.05) is 31.6 Å². The first-order valence-corrected chi connectivity index (χ1v) is 14.7. The molecule has 0 unspecified atom stereocenters. The number of nitrogens with zero attached hydrogens (tertiary/aromatic N) is 5. The van der Waals surface area contributed by atoms with E-state index in [0.29, 0.717) is 6.61 Å². The lowest BCUT2D eigenvalue weighted by Crippen LogP contribution is -2.60. The average Bonchev–Trinajstić information content (AvgIpc) is 3.40. The minimum atomic E-state index is -0.530. The van der Waals surface area contributed by atoms with Gasteiger partial charge in [0.05, 0.1) is 30.6 Å². The summed E-state index contributed by atoms with van der Waals surface area (Å²) in [4.78, 5) is 24.5. The highest BCUT2D eigenvalue weighted by Gasteiger charge is 2.38. The number of hydrogen-bond donors (Lipinski definition) is 2. The number of fused-ring (bicyclic) bond motifs is 1. The van der Waals surface area contributed by atoms with Crippen LogP contribution in [0.15, 0.2) is 72.1 Å². The molecule has 1 saturated heterocycles. The SMILES string of the molecule is CCOc1cc(-c2ccc(N3CCC(Cc4ccccc4)(NC(=O)[C@@H](N)C(C)C)CC3)nc2)c2c(/C=N\C)cnn2c1. The van der Waals surface area contributed by atoms with E-state index in [2.05, 4.69) is 44.6 Å². The first-order chi connectivity index (χ1) is 20.3. The molecular formula is C33H41N7O2. The van der Waals surface area contributed by atoms with Crippen molar-refractivity contribution in [1.29, 1.82) is 0 Å². The number of nitrogens with two attached hydrogens (primary N) is 1. The largest absolute Gasteiger partial charge is 0.492 e. The van der Waals surface area contributed by atoms with Crippen LogP contribution >= 0.6 is 0 Å². The lowest BCUT2D eigenvalue weighted by molar-refractivity contribution is -0.125. The van der Waals surface area contributed by atoms with Gasteiger partial charge in [0.2, 0.25) is 5.91 Å². The number of carbonyl (C=O) groups is 1. The standard InChI is InChI=1S/C33H41N7O2/c1-5-42-27-17-28(31-26(19-35-4)21-37-40(31)22-27)25-11-12-29(36-20-25)39-15-13-33(14-16-39,18-24-9-7-6-8-10-24)38-32(41)30(34)23(2)3/h6-12,17,19-23,30H,5,13-16,18,34H2,1-4H3,(H,38,41)/b35-19-/t30-/m0/s1. The predicted molar refractivity (Wildman–Crippen MR) is 168 cm³/mol. The highest BCUT2D eigenvalue weighted by Crippen LogP contribution is 2.33. The molecule has 42 heavy (non-hydrogen) atoms. The van der Waals surface area contributed by atoms with E-state index in [0.717, 1.165) is 66.1 Å². The summed E-state index contributed by atoms with van der Waals surface area (Å²) >= 11 is 0. The fourth-order valence-electron chi connectivity index (χ4n) is 5.70. The maximum Gasteiger partial charge on any atom is 0.237 e. The van der Waals surface area contributed by atoms with Gasteiger partial charge in [0.1, 0.15) is 11.6 Å². The van der Waals surface area contributed by atoms with Crippen molar-refractivity contribution in [3.8, 4) is 16.9 Å². The van der Waals surface area contributed by atoms with E-state index < -0.39 is 6.04 Å². The Morgan fingerprint density at radius 3 is 2.57 bits per heavy atom. The van der Waals surface area contributed by atoms with Crippen molar-refractivity contribution < 1.29 is 9.53 Å². The van der Waals surface area contributed by atoms with Crippen LogP contribution in [0.1, 0.15) is 44.7 Å². The Hall–Kier alpha value is -4.24. The molecule has 3 N–H and O–H groups in total. The maximum atomic E-state index is 13.1. The molecular weight excluding hydrogens is 526 g/mol. The Kier molecular flexibility index (Phi) is 8.87. The smallest absolute Gasteiger partial charge is 0.237 e. The molecule has 1 amide bonds. The van der Waals surface area contributed by atoms with Gasteiger partial charge in [0.25, 0.3) is 0 Å². The zero-order chi connectivity index (χ0) is 29.7. The van der Waals surface area contributed by atoms with E-state index in [1.54, 1.807) is 7.05 Å². The zero-order valence-corrected chi connectivity index (χ0v) is 25.0. The molecule has 1 aliphatic rings. The van der Waals surface area contributed by atoms with E-state index in [-0.39, 0.29) is 17.4 Å². The molecule has 1 fully saturated rings. The van der Waals surface area contributed by atoms with Crippen LogP contribution < -0.4 is 20.7 Å². The first-order valence-electron chi connectivity index (χ1n) is 14.7. The van der Waals surface area contributed by atoms with Crippen molar-refractivity contribution in [1.82, 2.24) is 19.9 Å². The second-order valence-electron chi connectivity index (χ2n) is 11.4. The van der Waals surface area contributed by atoms with Gasteiger partial charge >= 0.3 is 0 Å². The summed E-state index contributed by atoms with van der Waals surface area (Å²) in [7, 11) is 1.76. The second-order valence-corrected chi connectivity index (χ2v) is 11.4. The van der Waals surface area contributed by atoms with Crippen LogP contribution in [0.25, 0.3) is 16.6 Å². The van der Waals surface area contributed by atoms with Gasteiger partial charge in [-0.1, -0.05) is 44.2 Å². The number of benzene rings is 1. The minimum Gasteiger partial charge on any atom is -0.492 e. The summed E-state index contributed by atoms with van der Waals surface area (Å²) in [6.45, 7) is 8.05. The van der Waals surface area contributed by atoms with E-state index in [9.17, 15) is 4.79 Å². The lowest BCUT2D eigenvalue weighted by atomic mass is 9.81. The summed E-state index contributed by atoms with van der Waals surface area (Å²) in [5, 5.41) is 7.89. The molecule has 0 radical (unpaired) electrons. The number of ether oxygens (including phenoxy) is 1. The molecule has 1 aliphatic heterocycles. The molecule has 9 nitrogen and oxygen atoms in total. The van der Waals surface area contributed by atoms with Crippen molar-refractivity contribution in [3.05, 3.63) is 78.2 Å². The van der Waals surface area contributed by atoms with E-state index in [1.807, 2.05) is 74.4 Å². The number of pyridine rings is 2. The monoisotopic (exact) mass is 567 g/mol. The molecule has 9 heteroatoms. The third-order valence-corrected chi connectivity index (χ3v) is 8.09. The number of carbonyl (C=O) groups excluding carboxylic acids is 1. The Labute approximate surface area is 247 Å². The van der Waals surface area contributed by atoms with Crippen LogP contribution in [0, 0.1) is 5.92 Å². The summed E-state index contributed by atoms with van der Waals surface area (Å²) in [6.07, 6.45) is 9.80.